The van der Waals surface area contributed by atoms with Crippen molar-refractivity contribution in [3.05, 3.63) is 64.2 Å². The number of carboxylic acids is 1. The number of aliphatic carboxylic acids is 1. The fourth-order valence-corrected chi connectivity index (χ4v) is 4.57. The maximum absolute atomic E-state index is 12.9. The van der Waals surface area contributed by atoms with Crippen molar-refractivity contribution in [2.75, 3.05) is 0 Å². The van der Waals surface area contributed by atoms with E-state index in [-0.39, 0.29) is 6.10 Å². The highest BCUT2D eigenvalue weighted by Crippen LogP contribution is 2.38. The van der Waals surface area contributed by atoms with Crippen molar-refractivity contribution in [3.8, 4) is 22.1 Å². The van der Waals surface area contributed by atoms with Crippen LogP contribution in [0.25, 0.3) is 10.6 Å². The van der Waals surface area contributed by atoms with Gasteiger partial charge in [-0.25, -0.2) is 9.78 Å². The van der Waals surface area contributed by atoms with Crippen LogP contribution in [0.2, 0.25) is 0 Å². The summed E-state index contributed by atoms with van der Waals surface area (Å²) < 4.78 is 50.6. The first-order valence-corrected chi connectivity index (χ1v) is 12.0. The van der Waals surface area contributed by atoms with Gasteiger partial charge in [-0.2, -0.15) is 13.2 Å². The Kier molecular flexibility index (Phi) is 7.79. The van der Waals surface area contributed by atoms with Gasteiger partial charge in [-0.3, -0.25) is 0 Å². The lowest BCUT2D eigenvalue weighted by molar-refractivity contribution is -0.152. The Balaban J connectivity index is 1.84. The van der Waals surface area contributed by atoms with Crippen LogP contribution >= 0.6 is 11.3 Å². The average Bonchev–Trinajstić information content (AvgIpc) is 3.16. The van der Waals surface area contributed by atoms with Crippen molar-refractivity contribution in [1.29, 1.82) is 0 Å². The number of aryl methyl sites for hydroxylation is 2. The van der Waals surface area contributed by atoms with E-state index in [1.165, 1.54) is 37.3 Å². The minimum atomic E-state index is -4.38. The molecule has 1 unspecified atom stereocenters. The molecule has 188 valence electrons. The topological polar surface area (TPSA) is 68.7 Å². The van der Waals surface area contributed by atoms with E-state index in [1.54, 1.807) is 18.2 Å². The number of benzene rings is 2. The molecule has 0 radical (unpaired) electrons. The van der Waals surface area contributed by atoms with E-state index < -0.39 is 23.3 Å². The normalized spacial score (nSPS) is 12.9. The van der Waals surface area contributed by atoms with E-state index >= 15 is 0 Å². The molecule has 0 fully saturated rings. The fourth-order valence-electron chi connectivity index (χ4n) is 3.43. The fraction of sp³-hybridized carbons (Fsp3) is 0.385. The summed E-state index contributed by atoms with van der Waals surface area (Å²) in [6.45, 7) is 8.69. The number of hydrogen-bond acceptors (Lipinski definition) is 5. The minimum Gasteiger partial charge on any atom is -0.485 e. The Hall–Kier alpha value is -3.07. The Morgan fingerprint density at radius 1 is 1.11 bits per heavy atom. The zero-order chi connectivity index (χ0) is 26.0. The molecule has 0 spiro atoms. The largest absolute Gasteiger partial charge is 0.485 e. The number of carbonyl (C=O) groups is 1. The lowest BCUT2D eigenvalue weighted by Crippen LogP contribution is -2.38. The minimum absolute atomic E-state index is 0.290. The molecule has 5 nitrogen and oxygen atoms in total. The summed E-state index contributed by atoms with van der Waals surface area (Å²) in [6, 6.07) is 10.2. The van der Waals surface area contributed by atoms with Crippen LogP contribution in [0.15, 0.2) is 42.5 Å². The summed E-state index contributed by atoms with van der Waals surface area (Å²) >= 11 is 1.40. The average molecular weight is 508 g/mol. The molecule has 0 saturated heterocycles. The molecule has 9 heteroatoms. The van der Waals surface area contributed by atoms with Crippen molar-refractivity contribution in [2.24, 2.45) is 0 Å². The van der Waals surface area contributed by atoms with Gasteiger partial charge in [0.25, 0.3) is 0 Å². The van der Waals surface area contributed by atoms with Crippen molar-refractivity contribution in [3.63, 3.8) is 0 Å². The van der Waals surface area contributed by atoms with Gasteiger partial charge in [0.05, 0.1) is 16.1 Å². The molecule has 2 aromatic carbocycles. The lowest BCUT2D eigenvalue weighted by Gasteiger charge is -2.23. The molecule has 0 aliphatic rings. The van der Waals surface area contributed by atoms with E-state index in [4.69, 9.17) is 9.47 Å². The van der Waals surface area contributed by atoms with E-state index in [0.717, 1.165) is 41.1 Å². The first kappa shape index (κ1) is 26.5. The molecule has 1 atom stereocenters. The van der Waals surface area contributed by atoms with Gasteiger partial charge in [0.15, 0.2) is 5.60 Å². The highest BCUT2D eigenvalue weighted by molar-refractivity contribution is 7.15. The molecule has 3 rings (SSSR count). The van der Waals surface area contributed by atoms with Crippen molar-refractivity contribution >= 4 is 17.3 Å². The third-order valence-electron chi connectivity index (χ3n) is 5.44. The SMILES string of the molecule is CCCC(Oc1ccc(OC(C)(C)C(=O)O)c(C)c1)c1sc(-c2ccc(C(F)(F)F)cc2)nc1C. The van der Waals surface area contributed by atoms with Crippen molar-refractivity contribution in [1.82, 2.24) is 4.98 Å². The zero-order valence-electron chi connectivity index (χ0n) is 20.2. The first-order chi connectivity index (χ1) is 16.3. The zero-order valence-corrected chi connectivity index (χ0v) is 21.0. The molecule has 1 aromatic heterocycles. The third kappa shape index (κ3) is 6.33. The molecule has 1 heterocycles. The van der Waals surface area contributed by atoms with E-state index in [0.29, 0.717) is 22.1 Å². The molecule has 0 aliphatic carbocycles. The van der Waals surface area contributed by atoms with Gasteiger partial charge >= 0.3 is 12.1 Å². The number of hydrogen-bond donors (Lipinski definition) is 1. The van der Waals surface area contributed by atoms with Gasteiger partial charge in [0.2, 0.25) is 0 Å². The molecule has 35 heavy (non-hydrogen) atoms. The lowest BCUT2D eigenvalue weighted by atomic mass is 10.1. The number of aromatic nitrogens is 1. The number of halogens is 3. The van der Waals surface area contributed by atoms with Crippen LogP contribution in [-0.4, -0.2) is 21.7 Å². The summed E-state index contributed by atoms with van der Waals surface area (Å²) in [7, 11) is 0. The van der Waals surface area contributed by atoms with Gasteiger partial charge in [0.1, 0.15) is 22.6 Å². The predicted molar refractivity (Wildman–Crippen MR) is 129 cm³/mol. The molecule has 0 bridgehead atoms. The van der Waals surface area contributed by atoms with Crippen LogP contribution in [-0.2, 0) is 11.0 Å². The second kappa shape index (κ2) is 10.3. The number of rotatable bonds is 9. The molecule has 0 amide bonds. The first-order valence-electron chi connectivity index (χ1n) is 11.2. The standard InChI is InChI=1S/C26H28F3NO4S/c1-6-7-21(33-19-12-13-20(15(2)14-19)34-25(4,5)24(31)32)22-16(3)30-23(35-22)17-8-10-18(11-9-17)26(27,28)29/h8-14,21H,6-7H2,1-5H3,(H,31,32). The molecule has 0 aliphatic heterocycles. The van der Waals surface area contributed by atoms with E-state index in [9.17, 15) is 23.1 Å². The van der Waals surface area contributed by atoms with Crippen LogP contribution in [0.3, 0.4) is 0 Å². The van der Waals surface area contributed by atoms with Crippen LogP contribution in [0, 0.1) is 13.8 Å². The number of nitrogens with zero attached hydrogens (tertiary/aromatic N) is 1. The van der Waals surface area contributed by atoms with Crippen LogP contribution < -0.4 is 9.47 Å². The monoisotopic (exact) mass is 507 g/mol. The number of alkyl halides is 3. The predicted octanol–water partition coefficient (Wildman–Crippen LogP) is 7.61. The number of carboxylic acid groups (broad SMARTS) is 1. The summed E-state index contributed by atoms with van der Waals surface area (Å²) in [5.41, 5.74) is 0.0519. The Morgan fingerprint density at radius 2 is 1.77 bits per heavy atom. The Bertz CT molecular complexity index is 1190. The van der Waals surface area contributed by atoms with E-state index in [2.05, 4.69) is 4.98 Å². The second-order valence-corrected chi connectivity index (χ2v) is 9.81. The van der Waals surface area contributed by atoms with Crippen LogP contribution in [0.1, 0.15) is 61.4 Å². The van der Waals surface area contributed by atoms with Gasteiger partial charge in [0, 0.05) is 5.56 Å². The van der Waals surface area contributed by atoms with Crippen molar-refractivity contribution < 1.29 is 32.5 Å². The van der Waals surface area contributed by atoms with Gasteiger partial charge in [-0.05, 0) is 70.0 Å². The van der Waals surface area contributed by atoms with Gasteiger partial charge in [-0.1, -0.05) is 25.5 Å². The quantitative estimate of drug-likeness (QED) is 0.323. The highest BCUT2D eigenvalue weighted by Gasteiger charge is 2.31. The summed E-state index contributed by atoms with van der Waals surface area (Å²) in [5, 5.41) is 9.94. The van der Waals surface area contributed by atoms with Crippen LogP contribution in [0.4, 0.5) is 13.2 Å². The Labute approximate surface area is 206 Å². The number of ether oxygens (including phenoxy) is 2. The summed E-state index contributed by atoms with van der Waals surface area (Å²) in [4.78, 5) is 16.9. The van der Waals surface area contributed by atoms with Gasteiger partial charge in [-0.15, -0.1) is 11.3 Å². The maximum Gasteiger partial charge on any atom is 0.416 e. The van der Waals surface area contributed by atoms with E-state index in [1.807, 2.05) is 20.8 Å². The molecule has 0 saturated carbocycles. The third-order valence-corrected chi connectivity index (χ3v) is 6.74. The smallest absolute Gasteiger partial charge is 0.416 e. The maximum atomic E-state index is 12.9. The summed E-state index contributed by atoms with van der Waals surface area (Å²) in [6.07, 6.45) is -3.10. The number of thiazole rings is 1. The Morgan fingerprint density at radius 3 is 2.31 bits per heavy atom. The molecular weight excluding hydrogens is 479 g/mol. The molecule has 1 N–H and O–H groups in total. The molecular formula is C26H28F3NO4S. The molecule has 3 aromatic rings. The summed E-state index contributed by atoms with van der Waals surface area (Å²) in [5.74, 6) is -0.00887. The van der Waals surface area contributed by atoms with Crippen LogP contribution in [0.5, 0.6) is 11.5 Å². The highest BCUT2D eigenvalue weighted by atomic mass is 32.1. The van der Waals surface area contributed by atoms with Crippen molar-refractivity contribution in [2.45, 2.75) is 65.3 Å². The second-order valence-electron chi connectivity index (χ2n) is 8.78. The van der Waals surface area contributed by atoms with Gasteiger partial charge < -0.3 is 14.6 Å².